The van der Waals surface area contributed by atoms with Crippen LogP contribution in [-0.4, -0.2) is 25.1 Å². The number of hydrogen-bond donors (Lipinski definition) is 1. The first-order chi connectivity index (χ1) is 17.1. The van der Waals surface area contributed by atoms with Crippen molar-refractivity contribution in [1.29, 1.82) is 0 Å². The summed E-state index contributed by atoms with van der Waals surface area (Å²) in [5.41, 5.74) is 3.52. The summed E-state index contributed by atoms with van der Waals surface area (Å²) in [6.07, 6.45) is 3.91. The van der Waals surface area contributed by atoms with Crippen molar-refractivity contribution in [2.75, 3.05) is 5.32 Å². The zero-order chi connectivity index (χ0) is 23.8. The molecule has 170 valence electrons. The van der Waals surface area contributed by atoms with Gasteiger partial charge in [-0.3, -0.25) is 14.0 Å². The lowest BCUT2D eigenvalue weighted by Crippen LogP contribution is -2.29. The standard InChI is InChI=1S/C27H19N5O2S/c33-25(28-22-7-3-6-20(15-22)24-16-31-12-13-35-27(31)29-24)17-32-26(34)11-10-23(30-32)21-9-8-18-4-1-2-5-19(18)14-21/h1-16H,17H2,(H,28,33). The number of nitrogens with zero attached hydrogens (tertiary/aromatic N) is 4. The Labute approximate surface area is 203 Å². The first kappa shape index (κ1) is 21.0. The molecule has 3 heterocycles. The monoisotopic (exact) mass is 477 g/mol. The molecule has 0 aliphatic rings. The fourth-order valence-corrected chi connectivity index (χ4v) is 4.72. The van der Waals surface area contributed by atoms with Gasteiger partial charge in [-0.2, -0.15) is 5.10 Å². The number of hydrogen-bond acceptors (Lipinski definition) is 5. The third kappa shape index (κ3) is 4.22. The number of carbonyl (C=O) groups is 1. The van der Waals surface area contributed by atoms with E-state index in [1.54, 1.807) is 17.4 Å². The molecule has 35 heavy (non-hydrogen) atoms. The SMILES string of the molecule is O=C(Cn1nc(-c2ccc3ccccc3c2)ccc1=O)Nc1cccc(-c2cn3ccsc3n2)c1. The van der Waals surface area contributed by atoms with Gasteiger partial charge in [-0.25, -0.2) is 9.67 Å². The van der Waals surface area contributed by atoms with Crippen LogP contribution in [-0.2, 0) is 11.3 Å². The van der Waals surface area contributed by atoms with Crippen molar-refractivity contribution < 1.29 is 4.79 Å². The number of imidazole rings is 1. The van der Waals surface area contributed by atoms with Crippen LogP contribution in [0.15, 0.2) is 101 Å². The molecule has 0 saturated carbocycles. The molecule has 0 spiro atoms. The van der Waals surface area contributed by atoms with E-state index < -0.39 is 0 Å². The van der Waals surface area contributed by atoms with Crippen LogP contribution in [0.1, 0.15) is 0 Å². The van der Waals surface area contributed by atoms with Crippen LogP contribution in [0.5, 0.6) is 0 Å². The van der Waals surface area contributed by atoms with E-state index in [9.17, 15) is 9.59 Å². The molecule has 6 rings (SSSR count). The second-order valence-electron chi connectivity index (χ2n) is 8.12. The third-order valence-electron chi connectivity index (χ3n) is 5.74. The van der Waals surface area contributed by atoms with Crippen LogP contribution < -0.4 is 10.9 Å². The molecule has 7 nitrogen and oxygen atoms in total. The molecule has 1 N–H and O–H groups in total. The largest absolute Gasteiger partial charge is 0.324 e. The maximum atomic E-state index is 12.8. The van der Waals surface area contributed by atoms with Crippen molar-refractivity contribution >= 4 is 38.7 Å². The van der Waals surface area contributed by atoms with Crippen LogP contribution in [0.2, 0.25) is 0 Å². The Kier molecular flexibility index (Phi) is 5.20. The topological polar surface area (TPSA) is 81.3 Å². The summed E-state index contributed by atoms with van der Waals surface area (Å²) in [6, 6.07) is 24.7. The average molecular weight is 478 g/mol. The molecule has 0 saturated heterocycles. The van der Waals surface area contributed by atoms with E-state index >= 15 is 0 Å². The number of anilines is 1. The highest BCUT2D eigenvalue weighted by molar-refractivity contribution is 7.15. The normalized spacial score (nSPS) is 11.2. The molecule has 3 aromatic carbocycles. The predicted molar refractivity (Wildman–Crippen MR) is 139 cm³/mol. The van der Waals surface area contributed by atoms with Crippen molar-refractivity contribution in [2.24, 2.45) is 0 Å². The van der Waals surface area contributed by atoms with Crippen LogP contribution in [0, 0.1) is 0 Å². The fourth-order valence-electron chi connectivity index (χ4n) is 4.02. The molecular weight excluding hydrogens is 458 g/mol. The number of amides is 1. The summed E-state index contributed by atoms with van der Waals surface area (Å²) in [6.45, 7) is -0.190. The van der Waals surface area contributed by atoms with Gasteiger partial charge in [0.1, 0.15) is 6.54 Å². The van der Waals surface area contributed by atoms with Gasteiger partial charge in [0.05, 0.1) is 11.4 Å². The Hall–Kier alpha value is -4.56. The van der Waals surface area contributed by atoms with E-state index in [0.29, 0.717) is 11.4 Å². The zero-order valence-corrected chi connectivity index (χ0v) is 19.3. The number of carbonyl (C=O) groups excluding carboxylic acids is 1. The molecule has 0 radical (unpaired) electrons. The summed E-state index contributed by atoms with van der Waals surface area (Å²) >= 11 is 1.56. The van der Waals surface area contributed by atoms with Gasteiger partial charge in [-0.05, 0) is 35.0 Å². The Balaban J connectivity index is 1.22. The second-order valence-corrected chi connectivity index (χ2v) is 9.00. The zero-order valence-electron chi connectivity index (χ0n) is 18.5. The summed E-state index contributed by atoms with van der Waals surface area (Å²) in [4.78, 5) is 30.7. The van der Waals surface area contributed by atoms with E-state index in [0.717, 1.165) is 32.6 Å². The smallest absolute Gasteiger partial charge is 0.267 e. The van der Waals surface area contributed by atoms with Gasteiger partial charge < -0.3 is 5.32 Å². The van der Waals surface area contributed by atoms with Crippen LogP contribution in [0.25, 0.3) is 38.2 Å². The number of nitrogens with one attached hydrogen (secondary N) is 1. The minimum Gasteiger partial charge on any atom is -0.324 e. The van der Waals surface area contributed by atoms with Gasteiger partial charge in [0.15, 0.2) is 4.96 Å². The molecule has 3 aromatic heterocycles. The summed E-state index contributed by atoms with van der Waals surface area (Å²) in [5.74, 6) is -0.335. The summed E-state index contributed by atoms with van der Waals surface area (Å²) in [7, 11) is 0. The minimum absolute atomic E-state index is 0.190. The van der Waals surface area contributed by atoms with Gasteiger partial charge in [0, 0.05) is 40.7 Å². The van der Waals surface area contributed by atoms with Crippen LogP contribution >= 0.6 is 11.3 Å². The molecule has 0 atom stereocenters. The lowest BCUT2D eigenvalue weighted by atomic mass is 10.1. The number of fused-ring (bicyclic) bond motifs is 2. The van der Waals surface area contributed by atoms with Gasteiger partial charge >= 0.3 is 0 Å². The van der Waals surface area contributed by atoms with Crippen molar-refractivity contribution in [3.05, 3.63) is 107 Å². The summed E-state index contributed by atoms with van der Waals surface area (Å²) < 4.78 is 3.15. The molecule has 8 heteroatoms. The Morgan fingerprint density at radius 2 is 1.74 bits per heavy atom. The van der Waals surface area contributed by atoms with Crippen LogP contribution in [0.3, 0.4) is 0 Å². The average Bonchev–Trinajstić information content (AvgIpc) is 3.48. The number of thiazole rings is 1. The second kappa shape index (κ2) is 8.66. The molecular formula is C27H19N5O2S. The van der Waals surface area contributed by atoms with Crippen molar-refractivity contribution in [3.8, 4) is 22.5 Å². The van der Waals surface area contributed by atoms with Gasteiger partial charge in [-0.1, -0.05) is 48.5 Å². The fraction of sp³-hybridized carbons (Fsp3) is 0.0370. The first-order valence-corrected chi connectivity index (χ1v) is 11.9. The van der Waals surface area contributed by atoms with Gasteiger partial charge in [-0.15, -0.1) is 11.3 Å². The Morgan fingerprint density at radius 3 is 2.63 bits per heavy atom. The maximum absolute atomic E-state index is 12.8. The van der Waals surface area contributed by atoms with E-state index in [2.05, 4.69) is 15.4 Å². The number of benzene rings is 3. The molecule has 1 amide bonds. The maximum Gasteiger partial charge on any atom is 0.267 e. The van der Waals surface area contributed by atoms with Crippen molar-refractivity contribution in [1.82, 2.24) is 19.2 Å². The molecule has 0 fully saturated rings. The lowest BCUT2D eigenvalue weighted by Gasteiger charge is -2.09. The van der Waals surface area contributed by atoms with E-state index in [4.69, 9.17) is 0 Å². The number of rotatable bonds is 5. The van der Waals surface area contributed by atoms with Crippen molar-refractivity contribution in [3.63, 3.8) is 0 Å². The van der Waals surface area contributed by atoms with E-state index in [1.807, 2.05) is 88.9 Å². The molecule has 6 aromatic rings. The molecule has 0 bridgehead atoms. The molecule has 0 unspecified atom stereocenters. The van der Waals surface area contributed by atoms with E-state index in [1.165, 1.54) is 10.7 Å². The Bertz CT molecular complexity index is 1740. The quantitative estimate of drug-likeness (QED) is 0.376. The lowest BCUT2D eigenvalue weighted by molar-refractivity contribution is -0.117. The Morgan fingerprint density at radius 1 is 0.886 bits per heavy atom. The third-order valence-corrected chi connectivity index (χ3v) is 6.51. The predicted octanol–water partition coefficient (Wildman–Crippen LogP) is 5.08. The van der Waals surface area contributed by atoms with Gasteiger partial charge in [0.25, 0.3) is 5.56 Å². The number of aromatic nitrogens is 4. The molecule has 0 aliphatic carbocycles. The first-order valence-electron chi connectivity index (χ1n) is 11.0. The van der Waals surface area contributed by atoms with Crippen LogP contribution in [0.4, 0.5) is 5.69 Å². The highest BCUT2D eigenvalue weighted by Gasteiger charge is 2.11. The molecule has 0 aliphatic heterocycles. The highest BCUT2D eigenvalue weighted by atomic mass is 32.1. The summed E-state index contributed by atoms with van der Waals surface area (Å²) in [5, 5.41) is 11.5. The van der Waals surface area contributed by atoms with Gasteiger partial charge in [0.2, 0.25) is 5.91 Å². The van der Waals surface area contributed by atoms with Crippen molar-refractivity contribution in [2.45, 2.75) is 6.54 Å². The highest BCUT2D eigenvalue weighted by Crippen LogP contribution is 2.24. The minimum atomic E-state index is -0.337. The van der Waals surface area contributed by atoms with E-state index in [-0.39, 0.29) is 18.0 Å².